The number of hydrogen-bond acceptors (Lipinski definition) is 3. The number of nitrogens with one attached hydrogen (secondary N) is 2. The second-order valence-corrected chi connectivity index (χ2v) is 5.93. The minimum absolute atomic E-state index is 0. The molecule has 1 amide bonds. The Hall–Kier alpha value is -1.10. The van der Waals surface area contributed by atoms with E-state index >= 15 is 0 Å². The lowest BCUT2D eigenvalue weighted by Gasteiger charge is -2.27. The molecule has 0 aromatic heterocycles. The summed E-state index contributed by atoms with van der Waals surface area (Å²) in [5, 5.41) is 6.47. The molecular weight excluding hydrogens is 298 g/mol. The number of carbonyl (C=O) groups excluding carboxylic acids is 1. The number of rotatable bonds is 6. The van der Waals surface area contributed by atoms with Crippen molar-refractivity contribution < 1.29 is 4.79 Å². The molecule has 1 unspecified atom stereocenters. The van der Waals surface area contributed by atoms with Gasteiger partial charge in [0.05, 0.1) is 6.54 Å². The molecule has 2 N–H and O–H groups in total. The molecule has 1 atom stereocenters. The van der Waals surface area contributed by atoms with Gasteiger partial charge in [0, 0.05) is 18.3 Å². The lowest BCUT2D eigenvalue weighted by atomic mass is 10.1. The number of amides is 1. The van der Waals surface area contributed by atoms with Crippen LogP contribution in [0.1, 0.15) is 30.9 Å². The summed E-state index contributed by atoms with van der Waals surface area (Å²) in [6.07, 6.45) is 2.21. The first kappa shape index (κ1) is 18.9. The summed E-state index contributed by atoms with van der Waals surface area (Å²) < 4.78 is 0. The number of anilines is 1. The minimum Gasteiger partial charge on any atom is -0.324 e. The Bertz CT molecular complexity index is 467. The van der Waals surface area contributed by atoms with E-state index in [4.69, 9.17) is 0 Å². The van der Waals surface area contributed by atoms with E-state index in [2.05, 4.69) is 22.5 Å². The third-order valence-electron chi connectivity index (χ3n) is 4.15. The maximum atomic E-state index is 12.4. The zero-order valence-corrected chi connectivity index (χ0v) is 14.6. The van der Waals surface area contributed by atoms with Crippen LogP contribution in [-0.4, -0.2) is 43.0 Å². The number of carbonyl (C=O) groups is 1. The van der Waals surface area contributed by atoms with Crippen LogP contribution in [0.2, 0.25) is 0 Å². The molecule has 0 spiro atoms. The van der Waals surface area contributed by atoms with Gasteiger partial charge in [-0.15, -0.1) is 12.4 Å². The summed E-state index contributed by atoms with van der Waals surface area (Å²) >= 11 is 0. The van der Waals surface area contributed by atoms with Gasteiger partial charge in [-0.3, -0.25) is 9.69 Å². The number of halogens is 1. The zero-order valence-electron chi connectivity index (χ0n) is 13.8. The molecule has 1 aliphatic rings. The van der Waals surface area contributed by atoms with Crippen molar-refractivity contribution >= 4 is 24.0 Å². The third-order valence-corrected chi connectivity index (χ3v) is 4.15. The molecule has 1 aromatic rings. The Balaban J connectivity index is 0.00000242. The van der Waals surface area contributed by atoms with E-state index < -0.39 is 0 Å². The molecule has 0 bridgehead atoms. The van der Waals surface area contributed by atoms with Crippen molar-refractivity contribution in [2.75, 3.05) is 31.5 Å². The van der Waals surface area contributed by atoms with E-state index in [1.54, 1.807) is 0 Å². The Morgan fingerprint density at radius 2 is 2.05 bits per heavy atom. The highest BCUT2D eigenvalue weighted by molar-refractivity contribution is 5.93. The van der Waals surface area contributed by atoms with Crippen LogP contribution < -0.4 is 10.6 Å². The number of benzene rings is 1. The molecule has 0 saturated carbocycles. The lowest BCUT2D eigenvalue weighted by molar-refractivity contribution is -0.117. The topological polar surface area (TPSA) is 44.4 Å². The Morgan fingerprint density at radius 3 is 2.59 bits per heavy atom. The molecule has 4 nitrogen and oxygen atoms in total. The summed E-state index contributed by atoms with van der Waals surface area (Å²) in [7, 11) is 0. The van der Waals surface area contributed by atoms with Gasteiger partial charge < -0.3 is 10.6 Å². The van der Waals surface area contributed by atoms with Crippen LogP contribution in [-0.2, 0) is 4.79 Å². The maximum Gasteiger partial charge on any atom is 0.238 e. The molecule has 124 valence electrons. The number of para-hydroxylation sites is 1. The van der Waals surface area contributed by atoms with Crippen LogP contribution in [0.4, 0.5) is 5.69 Å². The van der Waals surface area contributed by atoms with Crippen LogP contribution >= 0.6 is 12.4 Å². The van der Waals surface area contributed by atoms with Gasteiger partial charge in [0.25, 0.3) is 0 Å². The summed E-state index contributed by atoms with van der Waals surface area (Å²) in [5.41, 5.74) is 3.20. The van der Waals surface area contributed by atoms with Gasteiger partial charge in [-0.25, -0.2) is 0 Å². The quantitative estimate of drug-likeness (QED) is 0.845. The first-order valence-corrected chi connectivity index (χ1v) is 7.92. The summed E-state index contributed by atoms with van der Waals surface area (Å²) in [6.45, 7) is 9.75. The van der Waals surface area contributed by atoms with Gasteiger partial charge in [-0.2, -0.15) is 0 Å². The van der Waals surface area contributed by atoms with Gasteiger partial charge >= 0.3 is 0 Å². The van der Waals surface area contributed by atoms with Crippen molar-refractivity contribution in [3.63, 3.8) is 0 Å². The molecular formula is C17H28ClN3O. The average Bonchev–Trinajstić information content (AvgIpc) is 2.97. The van der Waals surface area contributed by atoms with E-state index in [0.29, 0.717) is 12.6 Å². The third kappa shape index (κ3) is 4.97. The molecule has 1 aromatic carbocycles. The van der Waals surface area contributed by atoms with Crippen LogP contribution in [0, 0.1) is 13.8 Å². The molecule has 2 rings (SSSR count). The van der Waals surface area contributed by atoms with Crippen molar-refractivity contribution in [2.24, 2.45) is 0 Å². The van der Waals surface area contributed by atoms with Gasteiger partial charge in [0.15, 0.2) is 0 Å². The van der Waals surface area contributed by atoms with Gasteiger partial charge in [0.1, 0.15) is 0 Å². The smallest absolute Gasteiger partial charge is 0.238 e. The predicted molar refractivity (Wildman–Crippen MR) is 94.9 cm³/mol. The van der Waals surface area contributed by atoms with E-state index in [1.807, 2.05) is 32.0 Å². The SMILES string of the molecule is CCCN(CC(=O)Nc1c(C)cccc1C)C1CCNC1.Cl. The molecule has 1 heterocycles. The monoisotopic (exact) mass is 325 g/mol. The van der Waals surface area contributed by atoms with Crippen molar-refractivity contribution in [2.45, 2.75) is 39.7 Å². The van der Waals surface area contributed by atoms with Gasteiger partial charge in [-0.05, 0) is 50.9 Å². The molecule has 1 fully saturated rings. The normalized spacial score (nSPS) is 17.4. The molecule has 22 heavy (non-hydrogen) atoms. The zero-order chi connectivity index (χ0) is 15.2. The first-order valence-electron chi connectivity index (χ1n) is 7.92. The molecule has 0 aliphatic carbocycles. The number of nitrogens with zero attached hydrogens (tertiary/aromatic N) is 1. The summed E-state index contributed by atoms with van der Waals surface area (Å²) in [4.78, 5) is 14.7. The van der Waals surface area contributed by atoms with Crippen LogP contribution in [0.5, 0.6) is 0 Å². The van der Waals surface area contributed by atoms with Crippen LogP contribution in [0.25, 0.3) is 0 Å². The Labute approximate surface area is 140 Å². The fourth-order valence-electron chi connectivity index (χ4n) is 3.00. The second-order valence-electron chi connectivity index (χ2n) is 5.93. The Kier molecular flexibility index (Phi) is 7.87. The fraction of sp³-hybridized carbons (Fsp3) is 0.588. The molecule has 1 aliphatic heterocycles. The van der Waals surface area contributed by atoms with E-state index in [1.165, 1.54) is 0 Å². The van der Waals surface area contributed by atoms with Crippen LogP contribution in [0.15, 0.2) is 18.2 Å². The highest BCUT2D eigenvalue weighted by Gasteiger charge is 2.23. The van der Waals surface area contributed by atoms with Crippen molar-refractivity contribution in [1.29, 1.82) is 0 Å². The largest absolute Gasteiger partial charge is 0.324 e. The Morgan fingerprint density at radius 1 is 1.36 bits per heavy atom. The molecule has 1 saturated heterocycles. The maximum absolute atomic E-state index is 12.4. The summed E-state index contributed by atoms with van der Waals surface area (Å²) in [6, 6.07) is 6.59. The van der Waals surface area contributed by atoms with Crippen molar-refractivity contribution in [1.82, 2.24) is 10.2 Å². The van der Waals surface area contributed by atoms with E-state index in [-0.39, 0.29) is 18.3 Å². The highest BCUT2D eigenvalue weighted by atomic mass is 35.5. The van der Waals surface area contributed by atoms with Crippen molar-refractivity contribution in [3.05, 3.63) is 29.3 Å². The van der Waals surface area contributed by atoms with Gasteiger partial charge in [0.2, 0.25) is 5.91 Å². The number of aryl methyl sites for hydroxylation is 2. The van der Waals surface area contributed by atoms with Gasteiger partial charge in [-0.1, -0.05) is 25.1 Å². The van der Waals surface area contributed by atoms with Crippen LogP contribution in [0.3, 0.4) is 0 Å². The van der Waals surface area contributed by atoms with Crippen molar-refractivity contribution in [3.8, 4) is 0 Å². The van der Waals surface area contributed by atoms with E-state index in [9.17, 15) is 4.79 Å². The first-order chi connectivity index (χ1) is 10.1. The molecule has 0 radical (unpaired) electrons. The summed E-state index contributed by atoms with van der Waals surface area (Å²) in [5.74, 6) is 0.0905. The average molecular weight is 326 g/mol. The fourth-order valence-corrected chi connectivity index (χ4v) is 3.00. The highest BCUT2D eigenvalue weighted by Crippen LogP contribution is 2.19. The van der Waals surface area contributed by atoms with E-state index in [0.717, 1.165) is 49.3 Å². The predicted octanol–water partition coefficient (Wildman–Crippen LogP) is 2.74. The minimum atomic E-state index is 0. The lowest BCUT2D eigenvalue weighted by Crippen LogP contribution is -2.42. The second kappa shape index (κ2) is 9.13. The number of hydrogen-bond donors (Lipinski definition) is 2. The molecule has 5 heteroatoms. The standard InChI is InChI=1S/C17H27N3O.ClH/c1-4-10-20(15-8-9-18-11-15)12-16(21)19-17-13(2)6-5-7-14(17)3;/h5-7,15,18H,4,8-12H2,1-3H3,(H,19,21);1H.